The van der Waals surface area contributed by atoms with Crippen molar-refractivity contribution >= 4 is 27.5 Å². The maximum absolute atomic E-state index is 11.8. The van der Waals surface area contributed by atoms with E-state index in [9.17, 15) is 13.2 Å². The minimum absolute atomic E-state index is 0.0611. The van der Waals surface area contributed by atoms with Gasteiger partial charge in [0, 0.05) is 11.6 Å². The molecule has 1 amide bonds. The zero-order valence-electron chi connectivity index (χ0n) is 9.15. The van der Waals surface area contributed by atoms with Crippen molar-refractivity contribution in [3.05, 3.63) is 0 Å². The van der Waals surface area contributed by atoms with Gasteiger partial charge in [-0.15, -0.1) is 11.8 Å². The predicted molar refractivity (Wildman–Crippen MR) is 64.1 cm³/mol. The maximum atomic E-state index is 11.8. The molecule has 0 spiro atoms. The number of nitrogens with one attached hydrogen (secondary N) is 2. The van der Waals surface area contributed by atoms with Crippen LogP contribution in [0.5, 0.6) is 0 Å². The summed E-state index contributed by atoms with van der Waals surface area (Å²) in [5, 5.41) is 5.93. The molecule has 7 heteroatoms. The number of amides is 1. The quantitative estimate of drug-likeness (QED) is 0.693. The molecular weight excluding hydrogens is 248 g/mol. The van der Waals surface area contributed by atoms with Gasteiger partial charge in [0.1, 0.15) is 0 Å². The Morgan fingerprint density at radius 3 is 2.81 bits per heavy atom. The van der Waals surface area contributed by atoms with E-state index in [1.807, 2.05) is 0 Å². The first-order valence-corrected chi connectivity index (χ1v) is 8.21. The van der Waals surface area contributed by atoms with Gasteiger partial charge in [0.15, 0.2) is 9.84 Å². The van der Waals surface area contributed by atoms with E-state index >= 15 is 0 Å². The Labute approximate surface area is 99.7 Å². The molecule has 2 saturated heterocycles. The molecule has 92 valence electrons. The van der Waals surface area contributed by atoms with E-state index in [2.05, 4.69) is 10.6 Å². The summed E-state index contributed by atoms with van der Waals surface area (Å²) in [5.74, 6) is 1.70. The second-order valence-corrected chi connectivity index (χ2v) is 7.88. The molecule has 2 aliphatic rings. The Kier molecular flexibility index (Phi) is 3.20. The first-order valence-electron chi connectivity index (χ1n) is 5.24. The first-order chi connectivity index (χ1) is 7.40. The lowest BCUT2D eigenvalue weighted by Gasteiger charge is -2.25. The summed E-state index contributed by atoms with van der Waals surface area (Å²) in [6.45, 7) is 1.80. The number of rotatable bonds is 2. The Morgan fingerprint density at radius 1 is 1.56 bits per heavy atom. The van der Waals surface area contributed by atoms with Gasteiger partial charge in [0.25, 0.3) is 0 Å². The van der Waals surface area contributed by atoms with Crippen LogP contribution >= 0.6 is 11.8 Å². The lowest BCUT2D eigenvalue weighted by molar-refractivity contribution is -0.123. The van der Waals surface area contributed by atoms with Crippen molar-refractivity contribution in [1.82, 2.24) is 10.6 Å². The monoisotopic (exact) mass is 264 g/mol. The Bertz CT molecular complexity index is 390. The number of sulfone groups is 1. The van der Waals surface area contributed by atoms with Gasteiger partial charge in [-0.25, -0.2) is 8.42 Å². The normalized spacial score (nSPS) is 37.4. The Hall–Kier alpha value is -0.270. The number of hydrogen-bond donors (Lipinski definition) is 2. The molecule has 2 rings (SSSR count). The predicted octanol–water partition coefficient (Wildman–Crippen LogP) is -0.658. The van der Waals surface area contributed by atoms with Gasteiger partial charge in [-0.2, -0.15) is 0 Å². The molecule has 0 aromatic carbocycles. The maximum Gasteiger partial charge on any atom is 0.238 e. The molecule has 16 heavy (non-hydrogen) atoms. The van der Waals surface area contributed by atoms with Crippen molar-refractivity contribution < 1.29 is 13.2 Å². The fourth-order valence-corrected chi connectivity index (χ4v) is 5.09. The van der Waals surface area contributed by atoms with Gasteiger partial charge >= 0.3 is 0 Å². The van der Waals surface area contributed by atoms with Gasteiger partial charge in [-0.3, -0.25) is 10.1 Å². The molecule has 0 bridgehead atoms. The second kappa shape index (κ2) is 4.19. The third-order valence-electron chi connectivity index (χ3n) is 2.96. The molecule has 2 unspecified atom stereocenters. The van der Waals surface area contributed by atoms with Gasteiger partial charge in [-0.1, -0.05) is 0 Å². The highest BCUT2D eigenvalue weighted by atomic mass is 32.2. The average Bonchev–Trinajstić information content (AvgIpc) is 2.73. The number of carbonyl (C=O) groups excluding carboxylic acids is 1. The summed E-state index contributed by atoms with van der Waals surface area (Å²) in [5.41, 5.74) is -0.579. The molecule has 0 radical (unpaired) electrons. The molecule has 0 aromatic rings. The smallest absolute Gasteiger partial charge is 0.238 e. The van der Waals surface area contributed by atoms with E-state index in [4.69, 9.17) is 0 Å². The van der Waals surface area contributed by atoms with E-state index in [0.29, 0.717) is 6.42 Å². The van der Waals surface area contributed by atoms with Crippen LogP contribution in [0, 0.1) is 0 Å². The van der Waals surface area contributed by atoms with Crippen LogP contribution in [-0.4, -0.2) is 49.0 Å². The van der Waals surface area contributed by atoms with Crippen molar-refractivity contribution in [2.24, 2.45) is 0 Å². The second-order valence-electron chi connectivity index (χ2n) is 4.66. The molecule has 2 atom stereocenters. The standard InChI is InChI=1S/C9H16N2O3S2/c1-9(2-3-16(13,14)5-9)11-8(12)7-4-15-6-10-7/h7,10H,2-6H2,1H3,(H,11,12). The van der Waals surface area contributed by atoms with Crippen molar-refractivity contribution in [2.75, 3.05) is 23.1 Å². The molecule has 0 aromatic heterocycles. The van der Waals surface area contributed by atoms with Crippen LogP contribution in [0.25, 0.3) is 0 Å². The number of carbonyl (C=O) groups is 1. The zero-order valence-corrected chi connectivity index (χ0v) is 10.8. The zero-order chi connectivity index (χ0) is 11.8. The van der Waals surface area contributed by atoms with Crippen LogP contribution in [0.3, 0.4) is 0 Å². The highest BCUT2D eigenvalue weighted by molar-refractivity contribution is 7.99. The van der Waals surface area contributed by atoms with E-state index in [-0.39, 0.29) is 23.5 Å². The van der Waals surface area contributed by atoms with E-state index < -0.39 is 15.4 Å². The van der Waals surface area contributed by atoms with Gasteiger partial charge in [0.2, 0.25) is 5.91 Å². The molecular formula is C9H16N2O3S2. The molecule has 2 fully saturated rings. The molecule has 0 aliphatic carbocycles. The highest BCUT2D eigenvalue weighted by Gasteiger charge is 2.40. The lowest BCUT2D eigenvalue weighted by Crippen LogP contribution is -2.53. The van der Waals surface area contributed by atoms with Crippen LogP contribution < -0.4 is 10.6 Å². The number of hydrogen-bond acceptors (Lipinski definition) is 5. The van der Waals surface area contributed by atoms with Crippen LogP contribution in [0.15, 0.2) is 0 Å². The molecule has 2 heterocycles. The van der Waals surface area contributed by atoms with Crippen LogP contribution in [0.4, 0.5) is 0 Å². The summed E-state index contributed by atoms with van der Waals surface area (Å²) in [6, 6.07) is -0.176. The third kappa shape index (κ3) is 2.70. The molecule has 2 aliphatic heterocycles. The summed E-state index contributed by atoms with van der Waals surface area (Å²) >= 11 is 1.68. The largest absolute Gasteiger partial charge is 0.349 e. The third-order valence-corrected chi connectivity index (χ3v) is 5.80. The van der Waals surface area contributed by atoms with Gasteiger partial charge in [-0.05, 0) is 13.3 Å². The summed E-state index contributed by atoms with van der Waals surface area (Å²) in [4.78, 5) is 11.8. The SMILES string of the molecule is CC1(NC(=O)C2CSCN2)CCS(=O)(=O)C1. The van der Waals surface area contributed by atoms with Crippen molar-refractivity contribution in [1.29, 1.82) is 0 Å². The van der Waals surface area contributed by atoms with Crippen molar-refractivity contribution in [2.45, 2.75) is 24.9 Å². The number of thioether (sulfide) groups is 1. The van der Waals surface area contributed by atoms with Crippen LogP contribution in [-0.2, 0) is 14.6 Å². The highest BCUT2D eigenvalue weighted by Crippen LogP contribution is 2.23. The topological polar surface area (TPSA) is 75.3 Å². The summed E-state index contributed by atoms with van der Waals surface area (Å²) in [7, 11) is -2.96. The van der Waals surface area contributed by atoms with E-state index in [0.717, 1.165) is 11.6 Å². The van der Waals surface area contributed by atoms with Gasteiger partial charge in [0.05, 0.1) is 23.1 Å². The molecule has 5 nitrogen and oxygen atoms in total. The summed E-state index contributed by atoms with van der Waals surface area (Å²) < 4.78 is 22.8. The van der Waals surface area contributed by atoms with Crippen molar-refractivity contribution in [3.63, 3.8) is 0 Å². The van der Waals surface area contributed by atoms with Crippen molar-refractivity contribution in [3.8, 4) is 0 Å². The Balaban J connectivity index is 1.96. The van der Waals surface area contributed by atoms with E-state index in [1.54, 1.807) is 18.7 Å². The average molecular weight is 264 g/mol. The Morgan fingerprint density at radius 2 is 2.31 bits per heavy atom. The fraction of sp³-hybridized carbons (Fsp3) is 0.889. The molecule has 2 N–H and O–H groups in total. The summed E-state index contributed by atoms with van der Waals surface area (Å²) in [6.07, 6.45) is 0.515. The van der Waals surface area contributed by atoms with E-state index in [1.165, 1.54) is 0 Å². The van der Waals surface area contributed by atoms with Gasteiger partial charge < -0.3 is 5.32 Å². The minimum atomic E-state index is -2.96. The lowest BCUT2D eigenvalue weighted by atomic mass is 10.0. The molecule has 0 saturated carbocycles. The van der Waals surface area contributed by atoms with Crippen LogP contribution in [0.2, 0.25) is 0 Å². The fourth-order valence-electron chi connectivity index (χ4n) is 2.06. The van der Waals surface area contributed by atoms with Crippen LogP contribution in [0.1, 0.15) is 13.3 Å². The minimum Gasteiger partial charge on any atom is -0.349 e. The first kappa shape index (κ1) is 12.2.